The van der Waals surface area contributed by atoms with Crippen molar-refractivity contribution in [3.8, 4) is 34.4 Å². The lowest BCUT2D eigenvalue weighted by atomic mass is 9.88. The Balaban J connectivity index is 1.81. The van der Waals surface area contributed by atoms with Gasteiger partial charge in [0.1, 0.15) is 0 Å². The van der Waals surface area contributed by atoms with Crippen molar-refractivity contribution in [2.75, 3.05) is 38.0 Å². The Kier molecular flexibility index (Phi) is 9.05. The Morgan fingerprint density at radius 1 is 0.500 bits per heavy atom. The summed E-state index contributed by atoms with van der Waals surface area (Å²) in [6, 6.07) is 45.5. The largest absolute Gasteiger partial charge is 0.378 e. The first kappa shape index (κ1) is 29.6. The molecule has 0 aliphatic rings. The number of allylic oxidation sites excluding steroid dienone is 2. The Labute approximate surface area is 260 Å². The molecule has 5 aromatic rings. The molecule has 0 saturated carbocycles. The number of benzene rings is 5. The lowest BCUT2D eigenvalue weighted by molar-refractivity contribution is 1.13. The van der Waals surface area contributed by atoms with Gasteiger partial charge in [-0.1, -0.05) is 84.9 Å². The van der Waals surface area contributed by atoms with Gasteiger partial charge in [-0.25, -0.2) is 0 Å². The van der Waals surface area contributed by atoms with Crippen LogP contribution in [0, 0.1) is 22.7 Å². The molecule has 0 bridgehead atoms. The van der Waals surface area contributed by atoms with E-state index < -0.39 is 0 Å². The molecule has 0 aliphatic carbocycles. The molecule has 0 atom stereocenters. The monoisotopic (exact) mass is 570 g/mol. The molecule has 5 rings (SSSR count). The number of rotatable bonds is 8. The summed E-state index contributed by atoms with van der Waals surface area (Å²) >= 11 is 0. The second-order valence-corrected chi connectivity index (χ2v) is 11.0. The van der Waals surface area contributed by atoms with E-state index in [-0.39, 0.29) is 0 Å². The summed E-state index contributed by atoms with van der Waals surface area (Å²) in [4.78, 5) is 4.14. The topological polar surface area (TPSA) is 54.1 Å². The van der Waals surface area contributed by atoms with E-state index in [4.69, 9.17) is 0 Å². The summed E-state index contributed by atoms with van der Waals surface area (Å²) in [7, 11) is 8.09. The predicted molar refractivity (Wildman–Crippen MR) is 186 cm³/mol. The highest BCUT2D eigenvalue weighted by atomic mass is 15.1. The maximum Gasteiger partial charge on any atom is 0.0998 e. The zero-order chi connectivity index (χ0) is 31.1. The van der Waals surface area contributed by atoms with Crippen LogP contribution >= 0.6 is 0 Å². The SMILES string of the molecule is CN(C)c1ccc(-c2cc(C=C(C#N)c3ccccc3)c(-c3ccc(N(C)C)cc3)cc2C=C(C#N)c2ccccc2)cc1. The molecular weight excluding hydrogens is 536 g/mol. The third kappa shape index (κ3) is 6.62. The maximum absolute atomic E-state index is 10.2. The van der Waals surface area contributed by atoms with E-state index in [1.807, 2.05) is 101 Å². The van der Waals surface area contributed by atoms with Gasteiger partial charge in [0.05, 0.1) is 23.3 Å². The van der Waals surface area contributed by atoms with Crippen LogP contribution in [-0.2, 0) is 0 Å². The number of nitrogens with zero attached hydrogens (tertiary/aromatic N) is 4. The van der Waals surface area contributed by atoms with E-state index in [0.29, 0.717) is 11.1 Å². The van der Waals surface area contributed by atoms with Crippen LogP contribution in [0.2, 0.25) is 0 Å². The molecule has 4 heteroatoms. The summed E-state index contributed by atoms with van der Waals surface area (Å²) in [5, 5.41) is 20.5. The van der Waals surface area contributed by atoms with Crippen molar-refractivity contribution in [1.29, 1.82) is 10.5 Å². The van der Waals surface area contributed by atoms with Crippen LogP contribution in [0.15, 0.2) is 121 Å². The van der Waals surface area contributed by atoms with Crippen LogP contribution in [0.5, 0.6) is 0 Å². The zero-order valence-electron chi connectivity index (χ0n) is 25.5. The molecule has 0 N–H and O–H groups in total. The van der Waals surface area contributed by atoms with Crippen molar-refractivity contribution in [3.63, 3.8) is 0 Å². The fourth-order valence-corrected chi connectivity index (χ4v) is 5.16. The van der Waals surface area contributed by atoms with E-state index in [1.165, 1.54) is 0 Å². The quantitative estimate of drug-likeness (QED) is 0.138. The summed E-state index contributed by atoms with van der Waals surface area (Å²) in [5.41, 5.74) is 10.9. The average Bonchev–Trinajstić information content (AvgIpc) is 3.07. The van der Waals surface area contributed by atoms with Gasteiger partial charge >= 0.3 is 0 Å². The molecule has 0 spiro atoms. The number of hydrogen-bond acceptors (Lipinski definition) is 4. The molecule has 5 aromatic carbocycles. The number of nitriles is 2. The van der Waals surface area contributed by atoms with E-state index in [9.17, 15) is 10.5 Å². The molecule has 0 saturated heterocycles. The molecule has 0 aromatic heterocycles. The van der Waals surface area contributed by atoms with Crippen molar-refractivity contribution in [3.05, 3.63) is 144 Å². The van der Waals surface area contributed by atoms with Gasteiger partial charge in [-0.05, 0) is 93.1 Å². The van der Waals surface area contributed by atoms with Gasteiger partial charge in [0.15, 0.2) is 0 Å². The third-order valence-electron chi connectivity index (χ3n) is 7.62. The molecule has 0 aliphatic heterocycles. The molecule has 0 heterocycles. The van der Waals surface area contributed by atoms with Crippen molar-refractivity contribution < 1.29 is 0 Å². The van der Waals surface area contributed by atoms with Gasteiger partial charge in [0, 0.05) is 39.6 Å². The van der Waals surface area contributed by atoms with Crippen LogP contribution in [0.25, 0.3) is 45.6 Å². The first-order valence-electron chi connectivity index (χ1n) is 14.5. The van der Waals surface area contributed by atoms with Gasteiger partial charge in [0.25, 0.3) is 0 Å². The molecule has 0 unspecified atom stereocenters. The molecule has 0 fully saturated rings. The first-order valence-corrected chi connectivity index (χ1v) is 14.5. The summed E-state index contributed by atoms with van der Waals surface area (Å²) in [6.07, 6.45) is 3.94. The number of anilines is 2. The summed E-state index contributed by atoms with van der Waals surface area (Å²) in [5.74, 6) is 0. The fourth-order valence-electron chi connectivity index (χ4n) is 5.16. The molecule has 214 valence electrons. The minimum Gasteiger partial charge on any atom is -0.378 e. The summed E-state index contributed by atoms with van der Waals surface area (Å²) in [6.45, 7) is 0. The second-order valence-electron chi connectivity index (χ2n) is 11.0. The van der Waals surface area contributed by atoms with Gasteiger partial charge in [0.2, 0.25) is 0 Å². The van der Waals surface area contributed by atoms with Crippen LogP contribution in [0.1, 0.15) is 22.3 Å². The Morgan fingerprint density at radius 3 is 1.14 bits per heavy atom. The highest BCUT2D eigenvalue weighted by Crippen LogP contribution is 2.37. The minimum absolute atomic E-state index is 0.580. The van der Waals surface area contributed by atoms with Gasteiger partial charge in [-0.15, -0.1) is 0 Å². The van der Waals surface area contributed by atoms with E-state index in [2.05, 4.69) is 82.6 Å². The lowest BCUT2D eigenvalue weighted by Gasteiger charge is -2.18. The highest BCUT2D eigenvalue weighted by Gasteiger charge is 2.15. The van der Waals surface area contributed by atoms with Crippen LogP contribution in [0.4, 0.5) is 11.4 Å². The van der Waals surface area contributed by atoms with E-state index in [0.717, 1.165) is 55.9 Å². The van der Waals surface area contributed by atoms with Crippen molar-refractivity contribution in [1.82, 2.24) is 0 Å². The normalized spacial score (nSPS) is 11.4. The Bertz CT molecular complexity index is 1740. The van der Waals surface area contributed by atoms with Crippen LogP contribution in [-0.4, -0.2) is 28.2 Å². The van der Waals surface area contributed by atoms with Gasteiger partial charge in [-0.3, -0.25) is 0 Å². The van der Waals surface area contributed by atoms with E-state index >= 15 is 0 Å². The average molecular weight is 571 g/mol. The van der Waals surface area contributed by atoms with Gasteiger partial charge in [-0.2, -0.15) is 10.5 Å². The fraction of sp³-hybridized carbons (Fsp3) is 0.100. The van der Waals surface area contributed by atoms with Crippen molar-refractivity contribution >= 4 is 34.7 Å². The zero-order valence-corrected chi connectivity index (χ0v) is 25.5. The molecular formula is C40H34N4. The summed E-state index contributed by atoms with van der Waals surface area (Å²) < 4.78 is 0. The van der Waals surface area contributed by atoms with Gasteiger partial charge < -0.3 is 9.80 Å². The van der Waals surface area contributed by atoms with Crippen LogP contribution in [0.3, 0.4) is 0 Å². The Hall–Kier alpha value is -5.84. The van der Waals surface area contributed by atoms with Crippen LogP contribution < -0.4 is 9.80 Å². The molecule has 44 heavy (non-hydrogen) atoms. The lowest BCUT2D eigenvalue weighted by Crippen LogP contribution is -2.08. The minimum atomic E-state index is 0.580. The Morgan fingerprint density at radius 2 is 0.841 bits per heavy atom. The van der Waals surface area contributed by atoms with E-state index in [1.54, 1.807) is 0 Å². The van der Waals surface area contributed by atoms with Crippen molar-refractivity contribution in [2.24, 2.45) is 0 Å². The standard InChI is InChI=1S/C40H34N4/c1-43(2)37-19-15-31(16-20-37)39-25-34(24-36(28-42)30-13-9-6-10-14-30)40(32-17-21-38(22-18-32)44(3)4)26-33(39)23-35(27-41)29-11-7-5-8-12-29/h5-26H,1-4H3. The molecule has 0 radical (unpaired) electrons. The van der Waals surface area contributed by atoms with Crippen molar-refractivity contribution in [2.45, 2.75) is 0 Å². The smallest absolute Gasteiger partial charge is 0.0998 e. The first-order chi connectivity index (χ1) is 21.4. The molecule has 4 nitrogen and oxygen atoms in total. The predicted octanol–water partition coefficient (Wildman–Crippen LogP) is 9.28. The molecule has 0 amide bonds. The maximum atomic E-state index is 10.2. The highest BCUT2D eigenvalue weighted by molar-refractivity contribution is 5.98. The third-order valence-corrected chi connectivity index (χ3v) is 7.62. The number of hydrogen-bond donors (Lipinski definition) is 0. The second kappa shape index (κ2) is 13.4.